The number of carbonyl (C=O) groups excluding carboxylic acids is 1. The number of hydrogen-bond donors (Lipinski definition) is 2. The molecule has 0 fully saturated rings. The van der Waals surface area contributed by atoms with Gasteiger partial charge in [-0.05, 0) is 18.3 Å². The monoisotopic (exact) mass is 186 g/mol. The molecular formula is C10H22N2O. The zero-order chi connectivity index (χ0) is 10.6. The molecule has 0 heterocycles. The summed E-state index contributed by atoms with van der Waals surface area (Å²) >= 11 is 0. The van der Waals surface area contributed by atoms with Crippen LogP contribution in [-0.4, -0.2) is 18.5 Å². The van der Waals surface area contributed by atoms with Gasteiger partial charge in [-0.3, -0.25) is 4.79 Å². The molecule has 0 radical (unpaired) electrons. The number of nitrogens with one attached hydrogen (secondary N) is 1. The number of nitrogens with two attached hydrogens (primary N) is 1. The van der Waals surface area contributed by atoms with Crippen molar-refractivity contribution in [2.45, 2.75) is 40.7 Å². The number of amides is 1. The molecule has 3 heteroatoms. The average Bonchev–Trinajstić information content (AvgIpc) is 1.97. The molecule has 3 N–H and O–H groups in total. The van der Waals surface area contributed by atoms with Crippen LogP contribution in [0.3, 0.4) is 0 Å². The lowest BCUT2D eigenvalue weighted by Gasteiger charge is -2.27. The second-order valence-corrected chi connectivity index (χ2v) is 4.80. The molecule has 0 aromatic carbocycles. The molecule has 3 nitrogen and oxygen atoms in total. The highest BCUT2D eigenvalue weighted by Gasteiger charge is 2.20. The van der Waals surface area contributed by atoms with Gasteiger partial charge in [0.25, 0.3) is 0 Å². The van der Waals surface area contributed by atoms with Crippen molar-refractivity contribution in [2.24, 2.45) is 17.1 Å². The summed E-state index contributed by atoms with van der Waals surface area (Å²) in [7, 11) is 0. The van der Waals surface area contributed by atoms with E-state index in [2.05, 4.69) is 33.0 Å². The van der Waals surface area contributed by atoms with Gasteiger partial charge in [-0.25, -0.2) is 0 Å². The van der Waals surface area contributed by atoms with Crippen molar-refractivity contribution >= 4 is 5.91 Å². The highest BCUT2D eigenvalue weighted by atomic mass is 16.2. The Hall–Kier alpha value is -0.570. The fourth-order valence-corrected chi connectivity index (χ4v) is 0.721. The van der Waals surface area contributed by atoms with Crippen LogP contribution in [0.4, 0.5) is 0 Å². The van der Waals surface area contributed by atoms with Crippen molar-refractivity contribution in [1.82, 2.24) is 5.32 Å². The highest BCUT2D eigenvalue weighted by molar-refractivity contribution is 5.80. The molecular weight excluding hydrogens is 164 g/mol. The highest BCUT2D eigenvalue weighted by Crippen LogP contribution is 2.24. The molecule has 0 spiro atoms. The van der Waals surface area contributed by atoms with Crippen molar-refractivity contribution in [3.05, 3.63) is 0 Å². The van der Waals surface area contributed by atoms with Crippen LogP contribution in [-0.2, 0) is 4.79 Å². The van der Waals surface area contributed by atoms with Crippen LogP contribution in [0.1, 0.15) is 34.6 Å². The first-order valence-corrected chi connectivity index (χ1v) is 4.78. The second-order valence-electron chi connectivity index (χ2n) is 4.80. The van der Waals surface area contributed by atoms with Gasteiger partial charge >= 0.3 is 0 Å². The molecule has 0 saturated heterocycles. The maximum atomic E-state index is 11.1. The molecule has 0 aliphatic heterocycles. The van der Waals surface area contributed by atoms with Crippen LogP contribution < -0.4 is 11.1 Å². The molecule has 13 heavy (non-hydrogen) atoms. The van der Waals surface area contributed by atoms with Gasteiger partial charge in [0.05, 0.1) is 6.04 Å². The van der Waals surface area contributed by atoms with Gasteiger partial charge in [-0.1, -0.05) is 27.7 Å². The summed E-state index contributed by atoms with van der Waals surface area (Å²) in [6, 6.07) is -0.410. The van der Waals surface area contributed by atoms with Crippen LogP contribution in [0.2, 0.25) is 0 Å². The lowest BCUT2D eigenvalue weighted by atomic mass is 9.82. The zero-order valence-electron chi connectivity index (χ0n) is 9.35. The number of carbonyl (C=O) groups is 1. The lowest BCUT2D eigenvalue weighted by molar-refractivity contribution is -0.122. The zero-order valence-corrected chi connectivity index (χ0v) is 9.35. The molecule has 0 aliphatic rings. The van der Waals surface area contributed by atoms with E-state index in [9.17, 15) is 4.79 Å². The minimum atomic E-state index is -0.410. The maximum absolute atomic E-state index is 11.1. The van der Waals surface area contributed by atoms with Gasteiger partial charge in [-0.2, -0.15) is 0 Å². The van der Waals surface area contributed by atoms with E-state index >= 15 is 0 Å². The predicted molar refractivity (Wildman–Crippen MR) is 55.3 cm³/mol. The first kappa shape index (κ1) is 12.4. The topological polar surface area (TPSA) is 55.1 Å². The Balaban J connectivity index is 3.84. The normalized spacial score (nSPS) is 16.5. The Labute approximate surface area is 81.1 Å². The minimum Gasteiger partial charge on any atom is -0.354 e. The largest absolute Gasteiger partial charge is 0.354 e. The summed E-state index contributed by atoms with van der Waals surface area (Å²) in [6.45, 7) is 11.0. The van der Waals surface area contributed by atoms with Crippen LogP contribution >= 0.6 is 0 Å². The quantitative estimate of drug-likeness (QED) is 0.694. The van der Waals surface area contributed by atoms with Gasteiger partial charge < -0.3 is 11.1 Å². The third-order valence-electron chi connectivity index (χ3n) is 2.47. The summed E-state index contributed by atoms with van der Waals surface area (Å²) in [6.07, 6.45) is 0. The Bertz CT molecular complexity index is 170. The first-order valence-electron chi connectivity index (χ1n) is 4.78. The fourth-order valence-electron chi connectivity index (χ4n) is 0.721. The minimum absolute atomic E-state index is 0.0731. The van der Waals surface area contributed by atoms with Crippen molar-refractivity contribution in [2.75, 3.05) is 6.54 Å². The van der Waals surface area contributed by atoms with Crippen LogP contribution in [0, 0.1) is 11.3 Å². The van der Waals surface area contributed by atoms with E-state index < -0.39 is 6.04 Å². The molecule has 0 aromatic rings. The third-order valence-corrected chi connectivity index (χ3v) is 2.47. The van der Waals surface area contributed by atoms with E-state index in [1.54, 1.807) is 6.92 Å². The van der Waals surface area contributed by atoms with Crippen LogP contribution in [0.15, 0.2) is 0 Å². The number of hydrogen-bond acceptors (Lipinski definition) is 2. The van der Waals surface area contributed by atoms with Crippen molar-refractivity contribution in [1.29, 1.82) is 0 Å². The van der Waals surface area contributed by atoms with Gasteiger partial charge in [0.1, 0.15) is 0 Å². The van der Waals surface area contributed by atoms with Gasteiger partial charge in [0, 0.05) is 6.54 Å². The van der Waals surface area contributed by atoms with Crippen LogP contribution in [0.5, 0.6) is 0 Å². The van der Waals surface area contributed by atoms with Crippen molar-refractivity contribution < 1.29 is 4.79 Å². The van der Waals surface area contributed by atoms with E-state index in [-0.39, 0.29) is 11.3 Å². The maximum Gasteiger partial charge on any atom is 0.236 e. The molecule has 0 aliphatic carbocycles. The van der Waals surface area contributed by atoms with Crippen LogP contribution in [0.25, 0.3) is 0 Å². The molecule has 78 valence electrons. The molecule has 0 aromatic heterocycles. The summed E-state index contributed by atoms with van der Waals surface area (Å²) in [5, 5.41) is 2.82. The third kappa shape index (κ3) is 4.88. The number of rotatable bonds is 3. The second kappa shape index (κ2) is 4.61. The fraction of sp³-hybridized carbons (Fsp3) is 0.900. The molecule has 1 amide bonds. The summed E-state index contributed by atoms with van der Waals surface area (Å²) in [5.74, 6) is 0.381. The Kier molecular flexibility index (Phi) is 4.40. The smallest absolute Gasteiger partial charge is 0.236 e. The lowest BCUT2D eigenvalue weighted by Crippen LogP contribution is -2.41. The SMILES string of the molecule is CC(N)C(=O)NCC(C)C(C)(C)C. The van der Waals surface area contributed by atoms with Gasteiger partial charge in [-0.15, -0.1) is 0 Å². The standard InChI is InChI=1S/C10H22N2O/c1-7(10(3,4)5)6-12-9(13)8(2)11/h7-8H,6,11H2,1-5H3,(H,12,13). The Morgan fingerprint density at radius 1 is 1.38 bits per heavy atom. The average molecular weight is 186 g/mol. The molecule has 2 atom stereocenters. The molecule has 0 saturated carbocycles. The van der Waals surface area contributed by atoms with E-state index in [4.69, 9.17) is 5.73 Å². The Morgan fingerprint density at radius 2 is 1.85 bits per heavy atom. The molecule has 0 rings (SSSR count). The molecule has 2 unspecified atom stereocenters. The predicted octanol–water partition coefficient (Wildman–Crippen LogP) is 1.13. The van der Waals surface area contributed by atoms with E-state index in [0.29, 0.717) is 12.5 Å². The Morgan fingerprint density at radius 3 is 2.15 bits per heavy atom. The van der Waals surface area contributed by atoms with E-state index in [0.717, 1.165) is 0 Å². The first-order chi connectivity index (χ1) is 5.75. The summed E-state index contributed by atoms with van der Waals surface area (Å²) in [5.41, 5.74) is 5.65. The van der Waals surface area contributed by atoms with Gasteiger partial charge in [0.2, 0.25) is 5.91 Å². The van der Waals surface area contributed by atoms with Crippen molar-refractivity contribution in [3.63, 3.8) is 0 Å². The van der Waals surface area contributed by atoms with E-state index in [1.165, 1.54) is 0 Å². The molecule has 0 bridgehead atoms. The summed E-state index contributed by atoms with van der Waals surface area (Å²) in [4.78, 5) is 11.1. The van der Waals surface area contributed by atoms with Crippen molar-refractivity contribution in [3.8, 4) is 0 Å². The summed E-state index contributed by atoms with van der Waals surface area (Å²) < 4.78 is 0. The van der Waals surface area contributed by atoms with Gasteiger partial charge in [0.15, 0.2) is 0 Å². The van der Waals surface area contributed by atoms with E-state index in [1.807, 2.05) is 0 Å².